The number of benzene rings is 2. The predicted octanol–water partition coefficient (Wildman–Crippen LogP) is 3.42. The summed E-state index contributed by atoms with van der Waals surface area (Å²) in [6, 6.07) is 15.8. The molecular formula is C16H18IN5. The summed E-state index contributed by atoms with van der Waals surface area (Å²) in [5, 5.41) is 3.04. The Morgan fingerprint density at radius 2 is 1.95 bits per heavy atom. The van der Waals surface area contributed by atoms with Crippen molar-refractivity contribution in [1.29, 1.82) is 0 Å². The molecule has 0 bridgehead atoms. The Morgan fingerprint density at radius 3 is 2.68 bits per heavy atom. The van der Waals surface area contributed by atoms with E-state index in [1.165, 1.54) is 0 Å². The van der Waals surface area contributed by atoms with Crippen molar-refractivity contribution >= 4 is 46.7 Å². The first-order chi connectivity index (χ1) is 10.2. The maximum Gasteiger partial charge on any atom is 0.193 e. The van der Waals surface area contributed by atoms with E-state index in [9.17, 15) is 0 Å². The molecule has 0 unspecified atom stereocenters. The van der Waals surface area contributed by atoms with E-state index in [4.69, 9.17) is 5.73 Å². The van der Waals surface area contributed by atoms with Crippen LogP contribution in [-0.4, -0.2) is 15.9 Å². The number of aromatic nitrogens is 2. The molecule has 5 nitrogen and oxygen atoms in total. The molecule has 1 heterocycles. The van der Waals surface area contributed by atoms with Gasteiger partial charge in [-0.25, -0.2) is 9.98 Å². The standard InChI is InChI=1S/C16H17N5.HI/c1-11-6-5-9-13-15(11)21-14(20-13)10-18-16(17)19-12-7-3-2-4-8-12;/h2-9H,10H2,1H3,(H,20,21)(H3,17,18,19);1H. The van der Waals surface area contributed by atoms with Crippen LogP contribution < -0.4 is 11.1 Å². The molecule has 3 rings (SSSR count). The number of anilines is 1. The average molecular weight is 407 g/mol. The van der Waals surface area contributed by atoms with Gasteiger partial charge in [0.15, 0.2) is 5.96 Å². The number of fused-ring (bicyclic) bond motifs is 1. The maximum atomic E-state index is 5.87. The maximum absolute atomic E-state index is 5.87. The lowest BCUT2D eigenvalue weighted by Gasteiger charge is -2.04. The minimum absolute atomic E-state index is 0. The average Bonchev–Trinajstić information content (AvgIpc) is 2.91. The van der Waals surface area contributed by atoms with Gasteiger partial charge < -0.3 is 16.0 Å². The number of nitrogens with zero attached hydrogens (tertiary/aromatic N) is 2. The molecule has 0 atom stereocenters. The number of H-pyrrole nitrogens is 1. The van der Waals surface area contributed by atoms with Crippen LogP contribution in [0.3, 0.4) is 0 Å². The van der Waals surface area contributed by atoms with Crippen LogP contribution in [0.5, 0.6) is 0 Å². The first-order valence-corrected chi connectivity index (χ1v) is 6.78. The fraction of sp³-hybridized carbons (Fsp3) is 0.125. The van der Waals surface area contributed by atoms with Gasteiger partial charge in [-0.05, 0) is 30.7 Å². The molecule has 0 aliphatic rings. The summed E-state index contributed by atoms with van der Waals surface area (Å²) in [6.07, 6.45) is 0. The molecule has 6 heteroatoms. The summed E-state index contributed by atoms with van der Waals surface area (Å²) in [5.74, 6) is 1.18. The Bertz CT molecular complexity index is 780. The Kier molecular flexibility index (Phi) is 5.37. The number of para-hydroxylation sites is 2. The summed E-state index contributed by atoms with van der Waals surface area (Å²) < 4.78 is 0. The second-order valence-corrected chi connectivity index (χ2v) is 4.85. The van der Waals surface area contributed by atoms with Crippen molar-refractivity contribution in [1.82, 2.24) is 9.97 Å². The van der Waals surface area contributed by atoms with E-state index < -0.39 is 0 Å². The molecule has 0 radical (unpaired) electrons. The lowest BCUT2D eigenvalue weighted by Crippen LogP contribution is -2.22. The van der Waals surface area contributed by atoms with Crippen molar-refractivity contribution in [3.63, 3.8) is 0 Å². The third-order valence-electron chi connectivity index (χ3n) is 3.21. The topological polar surface area (TPSA) is 79.1 Å². The number of hydrogen-bond acceptors (Lipinski definition) is 2. The summed E-state index contributed by atoms with van der Waals surface area (Å²) in [6.45, 7) is 2.46. The highest BCUT2D eigenvalue weighted by atomic mass is 127. The van der Waals surface area contributed by atoms with Crippen molar-refractivity contribution in [2.75, 3.05) is 5.32 Å². The number of guanidine groups is 1. The molecule has 0 amide bonds. The summed E-state index contributed by atoms with van der Waals surface area (Å²) in [7, 11) is 0. The second kappa shape index (κ2) is 7.26. The highest BCUT2D eigenvalue weighted by Gasteiger charge is 2.04. The van der Waals surface area contributed by atoms with Gasteiger partial charge in [-0.15, -0.1) is 24.0 Å². The SMILES string of the molecule is Cc1cccc2[nH]c(CN=C(N)Nc3ccccc3)nc12.I. The first kappa shape index (κ1) is 16.3. The van der Waals surface area contributed by atoms with E-state index in [1.807, 2.05) is 55.5 Å². The number of aromatic amines is 1. The molecule has 1 aromatic heterocycles. The van der Waals surface area contributed by atoms with Crippen molar-refractivity contribution in [3.8, 4) is 0 Å². The lowest BCUT2D eigenvalue weighted by atomic mass is 10.2. The molecule has 114 valence electrons. The Morgan fingerprint density at radius 1 is 1.18 bits per heavy atom. The molecular weight excluding hydrogens is 389 g/mol. The van der Waals surface area contributed by atoms with E-state index in [2.05, 4.69) is 20.3 Å². The molecule has 22 heavy (non-hydrogen) atoms. The molecule has 0 saturated carbocycles. The van der Waals surface area contributed by atoms with Crippen LogP contribution in [0, 0.1) is 6.92 Å². The van der Waals surface area contributed by atoms with Crippen LogP contribution in [-0.2, 0) is 6.54 Å². The van der Waals surface area contributed by atoms with E-state index in [0.29, 0.717) is 12.5 Å². The van der Waals surface area contributed by atoms with Gasteiger partial charge in [-0.3, -0.25) is 0 Å². The molecule has 0 aliphatic carbocycles. The van der Waals surface area contributed by atoms with E-state index in [-0.39, 0.29) is 24.0 Å². The van der Waals surface area contributed by atoms with Crippen molar-refractivity contribution in [2.24, 2.45) is 10.7 Å². The van der Waals surface area contributed by atoms with Gasteiger partial charge in [0.2, 0.25) is 0 Å². The summed E-state index contributed by atoms with van der Waals surface area (Å²) >= 11 is 0. The fourth-order valence-corrected chi connectivity index (χ4v) is 2.17. The zero-order chi connectivity index (χ0) is 14.7. The van der Waals surface area contributed by atoms with Gasteiger partial charge in [0.05, 0.1) is 11.0 Å². The highest BCUT2D eigenvalue weighted by Crippen LogP contribution is 2.15. The molecule has 0 saturated heterocycles. The zero-order valence-electron chi connectivity index (χ0n) is 12.2. The largest absolute Gasteiger partial charge is 0.370 e. The van der Waals surface area contributed by atoms with Gasteiger partial charge in [0.1, 0.15) is 12.4 Å². The van der Waals surface area contributed by atoms with Crippen molar-refractivity contribution in [3.05, 3.63) is 59.9 Å². The highest BCUT2D eigenvalue weighted by molar-refractivity contribution is 14.0. The number of imidazole rings is 1. The second-order valence-electron chi connectivity index (χ2n) is 4.85. The minimum Gasteiger partial charge on any atom is -0.370 e. The Hall–Kier alpha value is -2.09. The quantitative estimate of drug-likeness (QED) is 0.354. The smallest absolute Gasteiger partial charge is 0.193 e. The van der Waals surface area contributed by atoms with Gasteiger partial charge >= 0.3 is 0 Å². The minimum atomic E-state index is 0. The third kappa shape index (κ3) is 3.76. The number of halogens is 1. The van der Waals surface area contributed by atoms with Crippen LogP contribution in [0.4, 0.5) is 5.69 Å². The molecule has 3 aromatic rings. The molecule has 2 aromatic carbocycles. The Labute approximate surface area is 146 Å². The normalized spacial score (nSPS) is 11.2. The predicted molar refractivity (Wildman–Crippen MR) is 102 cm³/mol. The van der Waals surface area contributed by atoms with Gasteiger partial charge in [-0.2, -0.15) is 0 Å². The van der Waals surface area contributed by atoms with E-state index >= 15 is 0 Å². The molecule has 4 N–H and O–H groups in total. The van der Waals surface area contributed by atoms with Crippen LogP contribution >= 0.6 is 24.0 Å². The number of aliphatic imine (C=N–C) groups is 1. The van der Waals surface area contributed by atoms with Gasteiger partial charge in [0, 0.05) is 5.69 Å². The van der Waals surface area contributed by atoms with Gasteiger partial charge in [0.25, 0.3) is 0 Å². The molecule has 0 spiro atoms. The molecule has 0 fully saturated rings. The summed E-state index contributed by atoms with van der Waals surface area (Å²) in [4.78, 5) is 12.1. The number of nitrogens with one attached hydrogen (secondary N) is 2. The van der Waals surface area contributed by atoms with E-state index in [1.54, 1.807) is 0 Å². The van der Waals surface area contributed by atoms with Crippen molar-refractivity contribution < 1.29 is 0 Å². The monoisotopic (exact) mass is 407 g/mol. The molecule has 0 aliphatic heterocycles. The first-order valence-electron chi connectivity index (χ1n) is 6.78. The van der Waals surface area contributed by atoms with Gasteiger partial charge in [-0.1, -0.05) is 30.3 Å². The lowest BCUT2D eigenvalue weighted by molar-refractivity contribution is 0.954. The van der Waals surface area contributed by atoms with Crippen LogP contribution in [0.2, 0.25) is 0 Å². The number of nitrogens with two attached hydrogens (primary N) is 1. The fourth-order valence-electron chi connectivity index (χ4n) is 2.17. The third-order valence-corrected chi connectivity index (χ3v) is 3.21. The number of hydrogen-bond donors (Lipinski definition) is 3. The number of rotatable bonds is 3. The summed E-state index contributed by atoms with van der Waals surface area (Å²) in [5.41, 5.74) is 9.94. The van der Waals surface area contributed by atoms with Crippen LogP contribution in [0.15, 0.2) is 53.5 Å². The van der Waals surface area contributed by atoms with Crippen LogP contribution in [0.1, 0.15) is 11.4 Å². The number of aryl methyl sites for hydroxylation is 1. The van der Waals surface area contributed by atoms with Crippen LogP contribution in [0.25, 0.3) is 11.0 Å². The zero-order valence-corrected chi connectivity index (χ0v) is 14.5. The Balaban J connectivity index is 0.00000176. The van der Waals surface area contributed by atoms with Crippen molar-refractivity contribution in [2.45, 2.75) is 13.5 Å². The van der Waals surface area contributed by atoms with E-state index in [0.717, 1.165) is 28.1 Å².